The Hall–Kier alpha value is -2.62. The minimum absolute atomic E-state index is 0.183. The molecule has 106 valence electrons. The Morgan fingerprint density at radius 1 is 1.05 bits per heavy atom. The van der Waals surface area contributed by atoms with Crippen molar-refractivity contribution in [1.29, 1.82) is 0 Å². The Kier molecular flexibility index (Phi) is 3.96. The molecule has 4 nitrogen and oxygen atoms in total. The summed E-state index contributed by atoms with van der Waals surface area (Å²) in [4.78, 5) is 4.37. The van der Waals surface area contributed by atoms with E-state index in [-0.39, 0.29) is 6.04 Å². The van der Waals surface area contributed by atoms with Gasteiger partial charge in [-0.2, -0.15) is 5.10 Å². The van der Waals surface area contributed by atoms with Crippen LogP contribution in [-0.4, -0.2) is 14.8 Å². The Morgan fingerprint density at radius 3 is 2.57 bits per heavy atom. The topological polar surface area (TPSA) is 42.7 Å². The molecule has 0 fully saturated rings. The summed E-state index contributed by atoms with van der Waals surface area (Å²) in [6.07, 6.45) is 5.58. The fourth-order valence-electron chi connectivity index (χ4n) is 2.24. The van der Waals surface area contributed by atoms with Crippen molar-refractivity contribution in [3.8, 4) is 0 Å². The van der Waals surface area contributed by atoms with Crippen molar-refractivity contribution in [2.45, 2.75) is 19.5 Å². The van der Waals surface area contributed by atoms with Crippen LogP contribution >= 0.6 is 0 Å². The molecular formula is C17H18N4. The van der Waals surface area contributed by atoms with Gasteiger partial charge in [-0.25, -0.2) is 0 Å². The van der Waals surface area contributed by atoms with Crippen LogP contribution < -0.4 is 5.32 Å². The first-order chi connectivity index (χ1) is 10.3. The van der Waals surface area contributed by atoms with Crippen molar-refractivity contribution in [1.82, 2.24) is 14.8 Å². The zero-order valence-corrected chi connectivity index (χ0v) is 12.0. The normalized spacial score (nSPS) is 12.0. The molecule has 0 saturated heterocycles. The molecule has 0 saturated carbocycles. The van der Waals surface area contributed by atoms with E-state index in [1.165, 1.54) is 5.56 Å². The van der Waals surface area contributed by atoms with Gasteiger partial charge in [-0.05, 0) is 42.8 Å². The summed E-state index contributed by atoms with van der Waals surface area (Å²) < 4.78 is 1.92. The Balaban J connectivity index is 1.64. The molecule has 3 aromatic rings. The van der Waals surface area contributed by atoms with E-state index in [1.807, 2.05) is 41.3 Å². The van der Waals surface area contributed by atoms with Crippen LogP contribution in [0.3, 0.4) is 0 Å². The predicted molar refractivity (Wildman–Crippen MR) is 84.0 cm³/mol. The van der Waals surface area contributed by atoms with Gasteiger partial charge in [0.2, 0.25) is 0 Å². The van der Waals surface area contributed by atoms with E-state index in [0.717, 1.165) is 17.9 Å². The minimum Gasteiger partial charge on any atom is -0.377 e. The van der Waals surface area contributed by atoms with Crippen molar-refractivity contribution < 1.29 is 0 Å². The van der Waals surface area contributed by atoms with Crippen LogP contribution in [0.2, 0.25) is 0 Å². The molecule has 0 aliphatic heterocycles. The van der Waals surface area contributed by atoms with Crippen LogP contribution in [0, 0.1) is 0 Å². The van der Waals surface area contributed by atoms with Gasteiger partial charge in [0.1, 0.15) is 0 Å². The smallest absolute Gasteiger partial charge is 0.0659 e. The Morgan fingerprint density at radius 2 is 1.90 bits per heavy atom. The lowest BCUT2D eigenvalue weighted by Crippen LogP contribution is -2.08. The van der Waals surface area contributed by atoms with Gasteiger partial charge in [-0.3, -0.25) is 9.67 Å². The molecule has 1 aromatic carbocycles. The fourth-order valence-corrected chi connectivity index (χ4v) is 2.24. The highest BCUT2D eigenvalue weighted by atomic mass is 15.3. The van der Waals surface area contributed by atoms with Crippen LogP contribution in [0.25, 0.3) is 0 Å². The van der Waals surface area contributed by atoms with E-state index < -0.39 is 0 Å². The van der Waals surface area contributed by atoms with E-state index >= 15 is 0 Å². The molecule has 1 atom stereocenters. The summed E-state index contributed by atoms with van der Waals surface area (Å²) in [5, 5.41) is 7.67. The second-order valence-electron chi connectivity index (χ2n) is 5.02. The van der Waals surface area contributed by atoms with Gasteiger partial charge in [0.25, 0.3) is 0 Å². The van der Waals surface area contributed by atoms with Crippen molar-refractivity contribution in [3.63, 3.8) is 0 Å². The lowest BCUT2D eigenvalue weighted by atomic mass is 10.1. The molecule has 1 unspecified atom stereocenters. The quantitative estimate of drug-likeness (QED) is 0.776. The van der Waals surface area contributed by atoms with Gasteiger partial charge in [0, 0.05) is 24.3 Å². The number of anilines is 1. The summed E-state index contributed by atoms with van der Waals surface area (Å²) in [7, 11) is 0. The number of benzene rings is 1. The maximum absolute atomic E-state index is 4.37. The second kappa shape index (κ2) is 6.22. The van der Waals surface area contributed by atoms with Crippen LogP contribution in [0.15, 0.2) is 67.1 Å². The highest BCUT2D eigenvalue weighted by molar-refractivity contribution is 5.46. The summed E-state index contributed by atoms with van der Waals surface area (Å²) in [6, 6.07) is 16.5. The van der Waals surface area contributed by atoms with Crippen LogP contribution in [0.5, 0.6) is 0 Å². The molecule has 21 heavy (non-hydrogen) atoms. The van der Waals surface area contributed by atoms with E-state index in [0.29, 0.717) is 0 Å². The molecule has 0 aliphatic rings. The molecule has 4 heteroatoms. The van der Waals surface area contributed by atoms with E-state index in [4.69, 9.17) is 0 Å². The molecule has 0 aliphatic carbocycles. The summed E-state index contributed by atoms with van der Waals surface area (Å²) in [5.41, 5.74) is 3.37. The maximum Gasteiger partial charge on any atom is 0.0659 e. The molecule has 0 bridgehead atoms. The number of aromatic nitrogens is 3. The predicted octanol–water partition coefficient (Wildman–Crippen LogP) is 3.50. The zero-order chi connectivity index (χ0) is 14.5. The third-order valence-corrected chi connectivity index (χ3v) is 3.37. The van der Waals surface area contributed by atoms with Crippen molar-refractivity contribution in [2.24, 2.45) is 0 Å². The monoisotopic (exact) mass is 278 g/mol. The third kappa shape index (κ3) is 3.48. The third-order valence-electron chi connectivity index (χ3n) is 3.37. The summed E-state index contributed by atoms with van der Waals surface area (Å²) in [5.74, 6) is 0. The minimum atomic E-state index is 0.183. The highest BCUT2D eigenvalue weighted by Gasteiger charge is 2.05. The number of nitrogens with zero attached hydrogens (tertiary/aromatic N) is 3. The molecule has 0 amide bonds. The number of hydrogen-bond acceptors (Lipinski definition) is 3. The van der Waals surface area contributed by atoms with Crippen LogP contribution in [0.1, 0.15) is 24.2 Å². The van der Waals surface area contributed by atoms with Gasteiger partial charge < -0.3 is 5.32 Å². The van der Waals surface area contributed by atoms with Gasteiger partial charge >= 0.3 is 0 Å². The maximum atomic E-state index is 4.37. The average molecular weight is 278 g/mol. The number of nitrogens with one attached hydrogen (secondary N) is 1. The molecule has 2 heterocycles. The van der Waals surface area contributed by atoms with E-state index in [1.54, 1.807) is 6.20 Å². The SMILES string of the molecule is CC(Nc1ccc(Cn2cccn2)cc1)c1ccccn1. The molecule has 0 spiro atoms. The van der Waals surface area contributed by atoms with Crippen LogP contribution in [-0.2, 0) is 6.54 Å². The van der Waals surface area contributed by atoms with Gasteiger partial charge in [0.15, 0.2) is 0 Å². The largest absolute Gasteiger partial charge is 0.377 e. The molecule has 1 N–H and O–H groups in total. The molecule has 2 aromatic heterocycles. The molecule has 0 radical (unpaired) electrons. The van der Waals surface area contributed by atoms with Gasteiger partial charge in [0.05, 0.1) is 18.3 Å². The highest BCUT2D eigenvalue weighted by Crippen LogP contribution is 2.18. The van der Waals surface area contributed by atoms with Crippen LogP contribution in [0.4, 0.5) is 5.69 Å². The van der Waals surface area contributed by atoms with Crippen molar-refractivity contribution in [2.75, 3.05) is 5.32 Å². The number of rotatable bonds is 5. The Bertz CT molecular complexity index is 660. The molecule has 3 rings (SSSR count). The molecular weight excluding hydrogens is 260 g/mol. The summed E-state index contributed by atoms with van der Waals surface area (Å²) >= 11 is 0. The van der Waals surface area contributed by atoms with E-state index in [9.17, 15) is 0 Å². The second-order valence-corrected chi connectivity index (χ2v) is 5.02. The lowest BCUT2D eigenvalue weighted by molar-refractivity contribution is 0.687. The standard InChI is InChI=1S/C17H18N4/c1-14(17-5-2-3-10-18-17)20-16-8-6-15(7-9-16)13-21-12-4-11-19-21/h2-12,14,20H,13H2,1H3. The fraction of sp³-hybridized carbons (Fsp3) is 0.176. The average Bonchev–Trinajstić information content (AvgIpc) is 3.03. The lowest BCUT2D eigenvalue weighted by Gasteiger charge is -2.15. The first-order valence-corrected chi connectivity index (χ1v) is 7.05. The number of hydrogen-bond donors (Lipinski definition) is 1. The first kappa shape index (κ1) is 13.4. The Labute approximate surface area is 124 Å². The number of pyridine rings is 1. The summed E-state index contributed by atoms with van der Waals surface area (Å²) in [6.45, 7) is 2.91. The first-order valence-electron chi connectivity index (χ1n) is 7.05. The van der Waals surface area contributed by atoms with E-state index in [2.05, 4.69) is 46.6 Å². The zero-order valence-electron chi connectivity index (χ0n) is 12.0. The van der Waals surface area contributed by atoms with Crippen molar-refractivity contribution >= 4 is 5.69 Å². The van der Waals surface area contributed by atoms with Gasteiger partial charge in [-0.1, -0.05) is 18.2 Å². The van der Waals surface area contributed by atoms with Crippen molar-refractivity contribution in [3.05, 3.63) is 78.4 Å². The van der Waals surface area contributed by atoms with Gasteiger partial charge in [-0.15, -0.1) is 0 Å².